The highest BCUT2D eigenvalue weighted by molar-refractivity contribution is 7.89. The van der Waals surface area contributed by atoms with Gasteiger partial charge in [0.05, 0.1) is 31.1 Å². The lowest BCUT2D eigenvalue weighted by molar-refractivity contribution is -0.895. The number of carbonyl (C=O) groups excluding carboxylic acids is 1. The zero-order valence-corrected chi connectivity index (χ0v) is 15.8. The normalized spacial score (nSPS) is 17.6. The van der Waals surface area contributed by atoms with Crippen molar-refractivity contribution >= 4 is 21.6 Å². The van der Waals surface area contributed by atoms with Gasteiger partial charge in [-0.25, -0.2) is 8.42 Å². The van der Waals surface area contributed by atoms with E-state index in [2.05, 4.69) is 5.32 Å². The number of hydrogen-bond donors (Lipinski definition) is 2. The van der Waals surface area contributed by atoms with Crippen LogP contribution in [0, 0.1) is 10.1 Å². The van der Waals surface area contributed by atoms with Crippen LogP contribution in [0.4, 0.5) is 5.69 Å². The topological polar surface area (TPSA) is 114 Å². The second-order valence-corrected chi connectivity index (χ2v) is 8.34. The highest BCUT2D eigenvalue weighted by atomic mass is 32.2. The molecule has 1 aliphatic heterocycles. The van der Waals surface area contributed by atoms with E-state index in [-0.39, 0.29) is 29.9 Å². The molecular formula is C16H25N4O5S+. The van der Waals surface area contributed by atoms with E-state index in [4.69, 9.17) is 0 Å². The molecule has 0 saturated carbocycles. The predicted octanol–water partition coefficient (Wildman–Crippen LogP) is -0.601. The van der Waals surface area contributed by atoms with E-state index >= 15 is 0 Å². The Morgan fingerprint density at radius 2 is 1.96 bits per heavy atom. The highest BCUT2D eigenvalue weighted by Gasteiger charge is 2.35. The molecule has 0 aromatic heterocycles. The fourth-order valence-corrected chi connectivity index (χ4v) is 4.44. The van der Waals surface area contributed by atoms with Gasteiger partial charge in [0, 0.05) is 12.1 Å². The number of amides is 1. The molecule has 10 heteroatoms. The van der Waals surface area contributed by atoms with Gasteiger partial charge in [0.15, 0.2) is 11.4 Å². The molecule has 26 heavy (non-hydrogen) atoms. The molecule has 2 rings (SSSR count). The first-order chi connectivity index (χ1) is 12.3. The fourth-order valence-electron chi connectivity index (χ4n) is 2.84. The molecule has 0 bridgehead atoms. The smallest absolute Gasteiger partial charge is 0.289 e. The SMILES string of the molecule is CC[C@@H](C)NC(=O)C[NH+]1CCN(S(=O)(=O)c2ccccc2[N+](=O)[O-])CC1. The van der Waals surface area contributed by atoms with Crippen molar-refractivity contribution in [3.63, 3.8) is 0 Å². The van der Waals surface area contributed by atoms with Gasteiger partial charge in [0.25, 0.3) is 11.6 Å². The molecule has 1 atom stereocenters. The van der Waals surface area contributed by atoms with E-state index in [1.807, 2.05) is 13.8 Å². The lowest BCUT2D eigenvalue weighted by atomic mass is 10.2. The molecule has 1 aliphatic rings. The Hall–Kier alpha value is -2.04. The van der Waals surface area contributed by atoms with E-state index in [9.17, 15) is 23.3 Å². The maximum Gasteiger partial charge on any atom is 0.289 e. The van der Waals surface area contributed by atoms with Gasteiger partial charge in [-0.1, -0.05) is 19.1 Å². The zero-order chi connectivity index (χ0) is 19.3. The second kappa shape index (κ2) is 8.56. The minimum Gasteiger partial charge on any atom is -0.349 e. The van der Waals surface area contributed by atoms with Crippen molar-refractivity contribution in [3.8, 4) is 0 Å². The summed E-state index contributed by atoms with van der Waals surface area (Å²) < 4.78 is 26.8. The number of hydrogen-bond acceptors (Lipinski definition) is 5. The van der Waals surface area contributed by atoms with E-state index in [1.54, 1.807) is 0 Å². The lowest BCUT2D eigenvalue weighted by Gasteiger charge is -2.31. The molecule has 9 nitrogen and oxygen atoms in total. The summed E-state index contributed by atoms with van der Waals surface area (Å²) in [5.41, 5.74) is -0.421. The predicted molar refractivity (Wildman–Crippen MR) is 95.3 cm³/mol. The molecule has 2 N–H and O–H groups in total. The maximum atomic E-state index is 12.8. The van der Waals surface area contributed by atoms with Gasteiger partial charge in [0.1, 0.15) is 0 Å². The number of nitrogens with one attached hydrogen (secondary N) is 2. The number of nitro groups is 1. The third-order valence-corrected chi connectivity index (χ3v) is 6.49. The Labute approximate surface area is 153 Å². The average Bonchev–Trinajstić information content (AvgIpc) is 2.61. The van der Waals surface area contributed by atoms with Gasteiger partial charge < -0.3 is 10.2 Å². The van der Waals surface area contributed by atoms with Crippen molar-refractivity contribution in [2.24, 2.45) is 0 Å². The summed E-state index contributed by atoms with van der Waals surface area (Å²) in [6.45, 7) is 5.63. The molecule has 0 radical (unpaired) electrons. The van der Waals surface area contributed by atoms with Crippen LogP contribution in [0.2, 0.25) is 0 Å². The van der Waals surface area contributed by atoms with Crippen LogP contribution in [0.5, 0.6) is 0 Å². The van der Waals surface area contributed by atoms with Crippen molar-refractivity contribution in [2.45, 2.75) is 31.2 Å². The summed E-state index contributed by atoms with van der Waals surface area (Å²) in [5.74, 6) is -0.0515. The minimum absolute atomic E-state index is 0.0515. The summed E-state index contributed by atoms with van der Waals surface area (Å²) in [6.07, 6.45) is 0.850. The van der Waals surface area contributed by atoms with Gasteiger partial charge in [-0.3, -0.25) is 14.9 Å². The molecule has 1 heterocycles. The van der Waals surface area contributed by atoms with Crippen molar-refractivity contribution in [3.05, 3.63) is 34.4 Å². The number of nitrogens with zero attached hydrogens (tertiary/aromatic N) is 2. The van der Waals surface area contributed by atoms with Gasteiger partial charge >= 0.3 is 0 Å². The average molecular weight is 385 g/mol. The molecule has 0 aliphatic carbocycles. The zero-order valence-electron chi connectivity index (χ0n) is 15.0. The quantitative estimate of drug-likeness (QED) is 0.480. The van der Waals surface area contributed by atoms with Crippen LogP contribution in [-0.4, -0.2) is 62.3 Å². The number of rotatable bonds is 7. The molecule has 144 valence electrons. The van der Waals surface area contributed by atoms with E-state index in [0.717, 1.165) is 11.3 Å². The van der Waals surface area contributed by atoms with Gasteiger partial charge in [-0.05, 0) is 19.4 Å². The van der Waals surface area contributed by atoms with Crippen LogP contribution in [0.25, 0.3) is 0 Å². The van der Waals surface area contributed by atoms with E-state index in [1.165, 1.54) is 28.6 Å². The Balaban J connectivity index is 2.01. The summed E-state index contributed by atoms with van der Waals surface area (Å²) in [6, 6.07) is 5.47. The third-order valence-electron chi connectivity index (χ3n) is 4.54. The van der Waals surface area contributed by atoms with Crippen LogP contribution in [-0.2, 0) is 14.8 Å². The first-order valence-electron chi connectivity index (χ1n) is 8.62. The first kappa shape index (κ1) is 20.3. The molecule has 1 fully saturated rings. The van der Waals surface area contributed by atoms with Crippen molar-refractivity contribution in [2.75, 3.05) is 32.7 Å². The number of para-hydroxylation sites is 1. The Kier molecular flexibility index (Phi) is 6.68. The summed E-state index contributed by atoms with van der Waals surface area (Å²) in [5, 5.41) is 14.0. The van der Waals surface area contributed by atoms with Crippen LogP contribution in [0.15, 0.2) is 29.2 Å². The van der Waals surface area contributed by atoms with Crippen LogP contribution >= 0.6 is 0 Å². The highest BCUT2D eigenvalue weighted by Crippen LogP contribution is 2.26. The Morgan fingerprint density at radius 3 is 2.54 bits per heavy atom. The molecule has 1 aromatic rings. The van der Waals surface area contributed by atoms with Gasteiger partial charge in [0.2, 0.25) is 10.0 Å². The lowest BCUT2D eigenvalue weighted by Crippen LogP contribution is -3.15. The largest absolute Gasteiger partial charge is 0.349 e. The maximum absolute atomic E-state index is 12.8. The third kappa shape index (κ3) is 4.77. The standard InChI is InChI=1S/C16H24N4O5S/c1-3-13(2)17-16(21)12-18-8-10-19(11-9-18)26(24,25)15-7-5-4-6-14(15)20(22)23/h4-7,13H,3,8-12H2,1-2H3,(H,17,21)/p+1/t13-/m1/s1. The van der Waals surface area contributed by atoms with E-state index < -0.39 is 20.6 Å². The molecule has 0 unspecified atom stereocenters. The molecule has 1 amide bonds. The van der Waals surface area contributed by atoms with E-state index in [0.29, 0.717) is 19.6 Å². The van der Waals surface area contributed by atoms with Crippen LogP contribution < -0.4 is 10.2 Å². The minimum atomic E-state index is -3.93. The van der Waals surface area contributed by atoms with Crippen molar-refractivity contribution in [1.29, 1.82) is 0 Å². The number of benzene rings is 1. The fraction of sp³-hybridized carbons (Fsp3) is 0.562. The Morgan fingerprint density at radius 1 is 1.35 bits per heavy atom. The number of quaternary nitrogens is 1. The number of carbonyl (C=O) groups is 1. The van der Waals surface area contributed by atoms with Gasteiger partial charge in [-0.15, -0.1) is 0 Å². The van der Waals surface area contributed by atoms with Crippen molar-refractivity contribution in [1.82, 2.24) is 9.62 Å². The van der Waals surface area contributed by atoms with Gasteiger partial charge in [-0.2, -0.15) is 4.31 Å². The molecule has 1 aromatic carbocycles. The molecular weight excluding hydrogens is 360 g/mol. The number of sulfonamides is 1. The van der Waals surface area contributed by atoms with Crippen LogP contribution in [0.3, 0.4) is 0 Å². The summed E-state index contributed by atoms with van der Waals surface area (Å²) >= 11 is 0. The Bertz CT molecular complexity index is 760. The van der Waals surface area contributed by atoms with Crippen molar-refractivity contribution < 1.29 is 23.0 Å². The number of nitro benzene ring substituents is 1. The second-order valence-electron chi connectivity index (χ2n) is 6.43. The van der Waals surface area contributed by atoms with Crippen LogP contribution in [0.1, 0.15) is 20.3 Å². The summed E-state index contributed by atoms with van der Waals surface area (Å²) in [4.78, 5) is 23.1. The number of piperazine rings is 1. The molecule has 0 spiro atoms. The first-order valence-corrected chi connectivity index (χ1v) is 10.1. The monoisotopic (exact) mass is 385 g/mol. The molecule has 1 saturated heterocycles. The summed E-state index contributed by atoms with van der Waals surface area (Å²) in [7, 11) is -3.93.